The first-order valence-corrected chi connectivity index (χ1v) is 4.94. The van der Waals surface area contributed by atoms with Gasteiger partial charge in [0, 0.05) is 32.6 Å². The van der Waals surface area contributed by atoms with Crippen LogP contribution in [-0.4, -0.2) is 48.7 Å². The number of amides is 1. The van der Waals surface area contributed by atoms with Crippen LogP contribution in [-0.2, 0) is 4.79 Å². The molecule has 0 aromatic carbocycles. The Kier molecular flexibility index (Phi) is 4.78. The molecule has 4 nitrogen and oxygen atoms in total. The molecule has 1 rings (SSSR count). The van der Waals surface area contributed by atoms with Gasteiger partial charge in [-0.2, -0.15) is 0 Å². The van der Waals surface area contributed by atoms with Crippen LogP contribution in [0.1, 0.15) is 19.3 Å². The molecule has 0 saturated carbocycles. The molecule has 0 atom stereocenters. The van der Waals surface area contributed by atoms with Crippen LogP contribution >= 0.6 is 0 Å². The SMILES string of the molecule is O=C(CCNCCO)N1CCCC1. The van der Waals surface area contributed by atoms with Crippen LogP contribution < -0.4 is 5.32 Å². The average molecular weight is 186 g/mol. The molecular formula is C9H18N2O2. The van der Waals surface area contributed by atoms with E-state index in [2.05, 4.69) is 5.32 Å². The lowest BCUT2D eigenvalue weighted by Gasteiger charge is -2.14. The van der Waals surface area contributed by atoms with Gasteiger partial charge in [-0.05, 0) is 12.8 Å². The first-order valence-electron chi connectivity index (χ1n) is 4.94. The standard InChI is InChI=1S/C9H18N2O2/c12-8-5-10-4-3-9(13)11-6-1-2-7-11/h10,12H,1-8H2. The minimum Gasteiger partial charge on any atom is -0.395 e. The van der Waals surface area contributed by atoms with Crippen LogP contribution in [0.25, 0.3) is 0 Å². The molecular weight excluding hydrogens is 168 g/mol. The fraction of sp³-hybridized carbons (Fsp3) is 0.889. The molecule has 0 spiro atoms. The maximum absolute atomic E-state index is 11.4. The van der Waals surface area contributed by atoms with E-state index in [1.54, 1.807) is 0 Å². The Labute approximate surface area is 78.9 Å². The third-order valence-electron chi connectivity index (χ3n) is 2.26. The van der Waals surface area contributed by atoms with Crippen molar-refractivity contribution in [3.63, 3.8) is 0 Å². The van der Waals surface area contributed by atoms with Crippen molar-refractivity contribution < 1.29 is 9.90 Å². The molecule has 1 aliphatic rings. The average Bonchev–Trinajstić information content (AvgIpc) is 2.65. The summed E-state index contributed by atoms with van der Waals surface area (Å²) in [7, 11) is 0. The van der Waals surface area contributed by atoms with Gasteiger partial charge >= 0.3 is 0 Å². The molecule has 1 fully saturated rings. The molecule has 0 bridgehead atoms. The van der Waals surface area contributed by atoms with E-state index in [9.17, 15) is 4.79 Å². The lowest BCUT2D eigenvalue weighted by Crippen LogP contribution is -2.31. The highest BCUT2D eigenvalue weighted by atomic mass is 16.3. The van der Waals surface area contributed by atoms with Crippen LogP contribution in [0, 0.1) is 0 Å². The first-order chi connectivity index (χ1) is 6.34. The van der Waals surface area contributed by atoms with E-state index in [1.807, 2.05) is 4.90 Å². The number of aliphatic hydroxyl groups is 1. The van der Waals surface area contributed by atoms with Gasteiger partial charge in [-0.15, -0.1) is 0 Å². The van der Waals surface area contributed by atoms with Gasteiger partial charge in [0.25, 0.3) is 0 Å². The number of carbonyl (C=O) groups is 1. The van der Waals surface area contributed by atoms with E-state index in [4.69, 9.17) is 5.11 Å². The fourth-order valence-corrected chi connectivity index (χ4v) is 1.52. The Hall–Kier alpha value is -0.610. The van der Waals surface area contributed by atoms with Crippen molar-refractivity contribution in [1.82, 2.24) is 10.2 Å². The van der Waals surface area contributed by atoms with E-state index in [0.717, 1.165) is 25.9 Å². The van der Waals surface area contributed by atoms with Gasteiger partial charge in [0.15, 0.2) is 0 Å². The summed E-state index contributed by atoms with van der Waals surface area (Å²) >= 11 is 0. The monoisotopic (exact) mass is 186 g/mol. The van der Waals surface area contributed by atoms with E-state index in [1.165, 1.54) is 0 Å². The van der Waals surface area contributed by atoms with Crippen LogP contribution in [0.4, 0.5) is 0 Å². The highest BCUT2D eigenvalue weighted by molar-refractivity contribution is 5.76. The van der Waals surface area contributed by atoms with Crippen molar-refractivity contribution in [2.24, 2.45) is 0 Å². The van der Waals surface area contributed by atoms with Crippen molar-refractivity contribution in [3.05, 3.63) is 0 Å². The van der Waals surface area contributed by atoms with Gasteiger partial charge < -0.3 is 15.3 Å². The maximum atomic E-state index is 11.4. The van der Waals surface area contributed by atoms with Gasteiger partial charge in [-0.25, -0.2) is 0 Å². The molecule has 4 heteroatoms. The van der Waals surface area contributed by atoms with Crippen molar-refractivity contribution in [2.45, 2.75) is 19.3 Å². The summed E-state index contributed by atoms with van der Waals surface area (Å²) in [6.07, 6.45) is 2.85. The zero-order valence-corrected chi connectivity index (χ0v) is 7.96. The zero-order chi connectivity index (χ0) is 9.52. The summed E-state index contributed by atoms with van der Waals surface area (Å²) in [4.78, 5) is 13.3. The number of aliphatic hydroxyl groups excluding tert-OH is 1. The third-order valence-corrected chi connectivity index (χ3v) is 2.26. The topological polar surface area (TPSA) is 52.6 Å². The predicted molar refractivity (Wildman–Crippen MR) is 50.4 cm³/mol. The van der Waals surface area contributed by atoms with Gasteiger partial charge in [0.2, 0.25) is 5.91 Å². The summed E-state index contributed by atoms with van der Waals surface area (Å²) in [6, 6.07) is 0. The molecule has 76 valence electrons. The fourth-order valence-electron chi connectivity index (χ4n) is 1.52. The van der Waals surface area contributed by atoms with Gasteiger partial charge in [-0.3, -0.25) is 4.79 Å². The maximum Gasteiger partial charge on any atom is 0.223 e. The molecule has 13 heavy (non-hydrogen) atoms. The normalized spacial score (nSPS) is 16.5. The van der Waals surface area contributed by atoms with E-state index in [-0.39, 0.29) is 12.5 Å². The second-order valence-electron chi connectivity index (χ2n) is 3.31. The highest BCUT2D eigenvalue weighted by Gasteiger charge is 2.16. The van der Waals surface area contributed by atoms with Crippen molar-refractivity contribution >= 4 is 5.91 Å². The molecule has 0 aromatic rings. The number of hydrogen-bond acceptors (Lipinski definition) is 3. The minimum atomic E-state index is 0.137. The van der Waals surface area contributed by atoms with Crippen molar-refractivity contribution in [1.29, 1.82) is 0 Å². The summed E-state index contributed by atoms with van der Waals surface area (Å²) < 4.78 is 0. The predicted octanol–water partition coefficient (Wildman–Crippen LogP) is -0.419. The molecule has 1 heterocycles. The van der Waals surface area contributed by atoms with E-state index >= 15 is 0 Å². The molecule has 1 saturated heterocycles. The van der Waals surface area contributed by atoms with Gasteiger partial charge in [-0.1, -0.05) is 0 Å². The molecule has 0 radical (unpaired) electrons. The zero-order valence-electron chi connectivity index (χ0n) is 7.96. The Morgan fingerprint density at radius 1 is 1.31 bits per heavy atom. The third kappa shape index (κ3) is 3.74. The molecule has 0 aromatic heterocycles. The van der Waals surface area contributed by atoms with Crippen molar-refractivity contribution in [3.8, 4) is 0 Å². The Morgan fingerprint density at radius 3 is 2.62 bits per heavy atom. The van der Waals surface area contributed by atoms with Gasteiger partial charge in [0.1, 0.15) is 0 Å². The Bertz CT molecular complexity index is 156. The molecule has 1 amide bonds. The number of nitrogens with zero attached hydrogens (tertiary/aromatic N) is 1. The molecule has 1 aliphatic heterocycles. The molecule has 0 unspecified atom stereocenters. The Morgan fingerprint density at radius 2 is 2.00 bits per heavy atom. The first kappa shape index (κ1) is 10.5. The second kappa shape index (κ2) is 5.94. The number of carbonyl (C=O) groups excluding carboxylic acids is 1. The quantitative estimate of drug-likeness (QED) is 0.573. The second-order valence-corrected chi connectivity index (χ2v) is 3.31. The number of rotatable bonds is 5. The van der Waals surface area contributed by atoms with E-state index in [0.29, 0.717) is 19.5 Å². The lowest BCUT2D eigenvalue weighted by atomic mass is 10.3. The van der Waals surface area contributed by atoms with Gasteiger partial charge in [0.05, 0.1) is 6.61 Å². The summed E-state index contributed by atoms with van der Waals surface area (Å²) in [5.41, 5.74) is 0. The van der Waals surface area contributed by atoms with Crippen LogP contribution in [0.3, 0.4) is 0 Å². The number of likely N-dealkylation sites (tertiary alicyclic amines) is 1. The molecule has 2 N–H and O–H groups in total. The Balaban J connectivity index is 2.03. The van der Waals surface area contributed by atoms with Crippen molar-refractivity contribution in [2.75, 3.05) is 32.8 Å². The molecule has 0 aliphatic carbocycles. The summed E-state index contributed by atoms with van der Waals surface area (Å²) in [5.74, 6) is 0.239. The largest absolute Gasteiger partial charge is 0.395 e. The van der Waals surface area contributed by atoms with Crippen LogP contribution in [0.15, 0.2) is 0 Å². The highest BCUT2D eigenvalue weighted by Crippen LogP contribution is 2.08. The van der Waals surface area contributed by atoms with E-state index < -0.39 is 0 Å². The van der Waals surface area contributed by atoms with Crippen LogP contribution in [0.5, 0.6) is 0 Å². The lowest BCUT2D eigenvalue weighted by molar-refractivity contribution is -0.130. The number of hydrogen-bond donors (Lipinski definition) is 2. The smallest absolute Gasteiger partial charge is 0.223 e. The summed E-state index contributed by atoms with van der Waals surface area (Å²) in [6.45, 7) is 3.25. The van der Waals surface area contributed by atoms with Crippen LogP contribution in [0.2, 0.25) is 0 Å². The number of nitrogens with one attached hydrogen (secondary N) is 1. The summed E-state index contributed by atoms with van der Waals surface area (Å²) in [5, 5.41) is 11.5. The minimum absolute atomic E-state index is 0.137.